The van der Waals surface area contributed by atoms with Crippen molar-refractivity contribution in [1.82, 2.24) is 5.43 Å². The minimum absolute atomic E-state index is 0.130. The number of anilines is 2. The van der Waals surface area contributed by atoms with Crippen LogP contribution in [-0.4, -0.2) is 30.5 Å². The number of benzene rings is 3. The summed E-state index contributed by atoms with van der Waals surface area (Å²) in [6.07, 6.45) is 2.34. The highest BCUT2D eigenvalue weighted by Gasteiger charge is 2.12. The number of nitrogens with zero attached hydrogens (tertiary/aromatic N) is 1. The molecule has 3 rings (SSSR count). The molecule has 0 radical (unpaired) electrons. The Kier molecular flexibility index (Phi) is 8.51. The van der Waals surface area contributed by atoms with E-state index in [0.29, 0.717) is 22.7 Å². The van der Waals surface area contributed by atoms with Crippen molar-refractivity contribution in [3.8, 4) is 5.75 Å². The molecule has 0 atom stereocenters. The van der Waals surface area contributed by atoms with Crippen LogP contribution in [-0.2, 0) is 20.8 Å². The molecule has 0 fully saturated rings. The van der Waals surface area contributed by atoms with E-state index in [1.165, 1.54) is 11.8 Å². The number of carbonyl (C=O) groups is 3. The number of ether oxygens (including phenoxy) is 1. The first-order valence-electron chi connectivity index (χ1n) is 10.8. The SMILES string of the molecule is CCc1ccc(NC(=O)COc2ccc(/C=N\NC(=O)C(=O)Nc3cccc(C)c3)cc2)cc1. The van der Waals surface area contributed by atoms with Gasteiger partial charge in [-0.15, -0.1) is 0 Å². The lowest BCUT2D eigenvalue weighted by atomic mass is 10.1. The Morgan fingerprint density at radius 3 is 2.29 bits per heavy atom. The quantitative estimate of drug-likeness (QED) is 0.272. The summed E-state index contributed by atoms with van der Waals surface area (Å²) >= 11 is 0. The second-order valence-electron chi connectivity index (χ2n) is 7.48. The molecule has 34 heavy (non-hydrogen) atoms. The van der Waals surface area contributed by atoms with E-state index in [4.69, 9.17) is 4.74 Å². The number of nitrogens with one attached hydrogen (secondary N) is 3. The third kappa shape index (κ3) is 7.59. The summed E-state index contributed by atoms with van der Waals surface area (Å²) in [5, 5.41) is 9.08. The molecule has 0 bridgehead atoms. The van der Waals surface area contributed by atoms with E-state index in [2.05, 4.69) is 28.1 Å². The van der Waals surface area contributed by atoms with Gasteiger partial charge in [-0.05, 0) is 78.6 Å². The number of carbonyl (C=O) groups excluding carboxylic acids is 3. The summed E-state index contributed by atoms with van der Waals surface area (Å²) in [6.45, 7) is 3.83. The average Bonchev–Trinajstić information content (AvgIpc) is 2.84. The van der Waals surface area contributed by atoms with E-state index in [1.807, 2.05) is 37.3 Å². The first-order valence-corrected chi connectivity index (χ1v) is 10.8. The van der Waals surface area contributed by atoms with Gasteiger partial charge in [0, 0.05) is 11.4 Å². The summed E-state index contributed by atoms with van der Waals surface area (Å²) < 4.78 is 5.50. The topological polar surface area (TPSA) is 109 Å². The summed E-state index contributed by atoms with van der Waals surface area (Å²) in [6, 6.07) is 21.5. The normalized spacial score (nSPS) is 10.5. The lowest BCUT2D eigenvalue weighted by Crippen LogP contribution is -2.32. The number of hydrogen-bond acceptors (Lipinski definition) is 5. The Hall–Kier alpha value is -4.46. The van der Waals surface area contributed by atoms with Crippen molar-refractivity contribution in [2.45, 2.75) is 20.3 Å². The first-order chi connectivity index (χ1) is 16.4. The van der Waals surface area contributed by atoms with Gasteiger partial charge >= 0.3 is 11.8 Å². The van der Waals surface area contributed by atoms with Gasteiger partial charge in [0.25, 0.3) is 5.91 Å². The van der Waals surface area contributed by atoms with Crippen molar-refractivity contribution < 1.29 is 19.1 Å². The Balaban J connectivity index is 1.42. The van der Waals surface area contributed by atoms with Gasteiger partial charge in [-0.2, -0.15) is 5.10 Å². The van der Waals surface area contributed by atoms with Gasteiger partial charge < -0.3 is 15.4 Å². The molecule has 0 aromatic heterocycles. The van der Waals surface area contributed by atoms with Gasteiger partial charge in [-0.25, -0.2) is 5.43 Å². The molecule has 8 nitrogen and oxygen atoms in total. The fourth-order valence-electron chi connectivity index (χ4n) is 2.95. The van der Waals surface area contributed by atoms with Crippen molar-refractivity contribution in [3.63, 3.8) is 0 Å². The summed E-state index contributed by atoms with van der Waals surface area (Å²) in [5.41, 5.74) is 6.26. The van der Waals surface area contributed by atoms with E-state index in [0.717, 1.165) is 12.0 Å². The van der Waals surface area contributed by atoms with Gasteiger partial charge in [0.1, 0.15) is 5.75 Å². The van der Waals surface area contributed by atoms with Crippen molar-refractivity contribution in [2.24, 2.45) is 5.10 Å². The van der Waals surface area contributed by atoms with Crippen LogP contribution in [0.25, 0.3) is 0 Å². The Morgan fingerprint density at radius 2 is 1.62 bits per heavy atom. The van der Waals surface area contributed by atoms with E-state index >= 15 is 0 Å². The standard InChI is InChI=1S/C26H26N4O4/c1-3-19-7-11-21(12-8-19)28-24(31)17-34-23-13-9-20(10-14-23)16-27-30-26(33)25(32)29-22-6-4-5-18(2)15-22/h4-16H,3,17H2,1-2H3,(H,28,31)(H,29,32)(H,30,33)/b27-16-. The molecule has 8 heteroatoms. The summed E-state index contributed by atoms with van der Waals surface area (Å²) in [4.78, 5) is 35.9. The highest BCUT2D eigenvalue weighted by atomic mass is 16.5. The minimum atomic E-state index is -0.881. The summed E-state index contributed by atoms with van der Waals surface area (Å²) in [5.74, 6) is -1.45. The molecule has 0 aliphatic carbocycles. The maximum atomic E-state index is 12.1. The third-order valence-electron chi connectivity index (χ3n) is 4.76. The van der Waals surface area contributed by atoms with Crippen LogP contribution in [0.5, 0.6) is 5.75 Å². The predicted molar refractivity (Wildman–Crippen MR) is 132 cm³/mol. The van der Waals surface area contributed by atoms with Crippen LogP contribution in [0.2, 0.25) is 0 Å². The molecule has 3 aromatic carbocycles. The molecule has 0 spiro atoms. The van der Waals surface area contributed by atoms with Crippen LogP contribution in [0.1, 0.15) is 23.6 Å². The molecule has 0 saturated heterocycles. The van der Waals surface area contributed by atoms with Crippen molar-refractivity contribution in [3.05, 3.63) is 89.5 Å². The van der Waals surface area contributed by atoms with Crippen LogP contribution < -0.4 is 20.8 Å². The van der Waals surface area contributed by atoms with Gasteiger partial charge in [0.15, 0.2) is 6.61 Å². The van der Waals surface area contributed by atoms with Gasteiger partial charge in [-0.3, -0.25) is 14.4 Å². The number of hydrogen-bond donors (Lipinski definition) is 3. The van der Waals surface area contributed by atoms with Gasteiger partial charge in [0.2, 0.25) is 0 Å². The van der Waals surface area contributed by atoms with Gasteiger partial charge in [-0.1, -0.05) is 31.2 Å². The van der Waals surface area contributed by atoms with Crippen molar-refractivity contribution in [2.75, 3.05) is 17.2 Å². The van der Waals surface area contributed by atoms with Crippen molar-refractivity contribution in [1.29, 1.82) is 0 Å². The number of amides is 3. The Labute approximate surface area is 198 Å². The number of aryl methyl sites for hydroxylation is 2. The molecule has 3 aromatic rings. The molecule has 0 heterocycles. The minimum Gasteiger partial charge on any atom is -0.484 e. The molecule has 0 saturated carbocycles. The lowest BCUT2D eigenvalue weighted by Gasteiger charge is -2.08. The number of rotatable bonds is 8. The largest absolute Gasteiger partial charge is 0.484 e. The predicted octanol–water partition coefficient (Wildman–Crippen LogP) is 3.66. The second-order valence-corrected chi connectivity index (χ2v) is 7.48. The first kappa shape index (κ1) is 24.2. The smallest absolute Gasteiger partial charge is 0.329 e. The zero-order valence-corrected chi connectivity index (χ0v) is 19.0. The molecule has 3 N–H and O–H groups in total. The second kappa shape index (κ2) is 12.0. The maximum absolute atomic E-state index is 12.1. The molecule has 3 amide bonds. The van der Waals surface area contributed by atoms with E-state index in [9.17, 15) is 14.4 Å². The Morgan fingerprint density at radius 1 is 0.882 bits per heavy atom. The fourth-order valence-corrected chi connectivity index (χ4v) is 2.95. The zero-order chi connectivity index (χ0) is 24.3. The molecule has 174 valence electrons. The maximum Gasteiger partial charge on any atom is 0.329 e. The van der Waals surface area contributed by atoms with Crippen LogP contribution in [0.15, 0.2) is 77.9 Å². The van der Waals surface area contributed by atoms with Crippen LogP contribution >= 0.6 is 0 Å². The molecular formula is C26H26N4O4. The molecule has 0 unspecified atom stereocenters. The van der Waals surface area contributed by atoms with E-state index in [1.54, 1.807) is 42.5 Å². The fraction of sp³-hybridized carbons (Fsp3) is 0.154. The van der Waals surface area contributed by atoms with Crippen molar-refractivity contribution >= 4 is 35.3 Å². The zero-order valence-electron chi connectivity index (χ0n) is 19.0. The van der Waals surface area contributed by atoms with Crippen LogP contribution in [0.4, 0.5) is 11.4 Å². The highest BCUT2D eigenvalue weighted by molar-refractivity contribution is 6.39. The van der Waals surface area contributed by atoms with E-state index in [-0.39, 0.29) is 12.5 Å². The molecule has 0 aliphatic rings. The average molecular weight is 459 g/mol. The summed E-state index contributed by atoms with van der Waals surface area (Å²) in [7, 11) is 0. The van der Waals surface area contributed by atoms with E-state index < -0.39 is 11.8 Å². The number of hydrazone groups is 1. The third-order valence-corrected chi connectivity index (χ3v) is 4.76. The lowest BCUT2D eigenvalue weighted by molar-refractivity contribution is -0.136. The molecular weight excluding hydrogens is 432 g/mol. The molecule has 0 aliphatic heterocycles. The van der Waals surface area contributed by atoms with Crippen LogP contribution in [0, 0.1) is 6.92 Å². The Bertz CT molecular complexity index is 1170. The monoisotopic (exact) mass is 458 g/mol. The van der Waals surface area contributed by atoms with Crippen LogP contribution in [0.3, 0.4) is 0 Å². The highest BCUT2D eigenvalue weighted by Crippen LogP contribution is 2.13. The van der Waals surface area contributed by atoms with Gasteiger partial charge in [0.05, 0.1) is 6.21 Å².